The number of H-pyrrole nitrogens is 1. The van der Waals surface area contributed by atoms with E-state index >= 15 is 0 Å². The number of nitrogens with zero attached hydrogens (tertiary/aromatic N) is 3. The highest BCUT2D eigenvalue weighted by atomic mass is 35.5. The first-order valence-electron chi connectivity index (χ1n) is 9.04. The SMILES string of the molecule is CS(=O)(=O)CCCNCC(Nc1ccccc1)c1nc(-c2ccncc2)n[nH]1.Cl.Cl.Cl. The summed E-state index contributed by atoms with van der Waals surface area (Å²) < 4.78 is 22.5. The highest BCUT2D eigenvalue weighted by Crippen LogP contribution is 2.19. The molecule has 31 heavy (non-hydrogen) atoms. The van der Waals surface area contributed by atoms with Gasteiger partial charge in [0.1, 0.15) is 15.7 Å². The fourth-order valence-electron chi connectivity index (χ4n) is 2.72. The Morgan fingerprint density at radius 1 is 1.03 bits per heavy atom. The first-order valence-corrected chi connectivity index (χ1v) is 11.1. The first kappa shape index (κ1) is 29.1. The fourth-order valence-corrected chi connectivity index (χ4v) is 3.39. The number of benzene rings is 1. The Balaban J connectivity index is 0.00000300. The molecule has 0 radical (unpaired) electrons. The van der Waals surface area contributed by atoms with Crippen LogP contribution in [-0.4, -0.2) is 53.7 Å². The third-order valence-electron chi connectivity index (χ3n) is 4.10. The van der Waals surface area contributed by atoms with Crippen LogP contribution < -0.4 is 10.6 Å². The van der Waals surface area contributed by atoms with E-state index in [1.807, 2.05) is 42.5 Å². The number of hydrogen-bond acceptors (Lipinski definition) is 7. The average molecular weight is 510 g/mol. The molecular formula is C19H27Cl3N6O2S. The van der Waals surface area contributed by atoms with Gasteiger partial charge < -0.3 is 10.6 Å². The Morgan fingerprint density at radius 2 is 1.71 bits per heavy atom. The van der Waals surface area contributed by atoms with Crippen molar-refractivity contribution < 1.29 is 8.42 Å². The molecule has 0 saturated heterocycles. The largest absolute Gasteiger partial charge is 0.374 e. The molecule has 1 unspecified atom stereocenters. The number of sulfone groups is 1. The van der Waals surface area contributed by atoms with Crippen molar-refractivity contribution in [1.29, 1.82) is 0 Å². The Labute approximate surface area is 201 Å². The summed E-state index contributed by atoms with van der Waals surface area (Å²) in [4.78, 5) is 8.64. The lowest BCUT2D eigenvalue weighted by atomic mass is 10.2. The zero-order valence-electron chi connectivity index (χ0n) is 16.9. The second-order valence-corrected chi connectivity index (χ2v) is 8.79. The number of halogens is 3. The quantitative estimate of drug-likeness (QED) is 0.359. The summed E-state index contributed by atoms with van der Waals surface area (Å²) in [5, 5.41) is 14.1. The molecule has 2 heterocycles. The minimum Gasteiger partial charge on any atom is -0.374 e. The number of para-hydroxylation sites is 1. The molecule has 8 nitrogen and oxygen atoms in total. The number of nitrogens with one attached hydrogen (secondary N) is 3. The van der Waals surface area contributed by atoms with Crippen LogP contribution in [0.2, 0.25) is 0 Å². The third-order valence-corrected chi connectivity index (χ3v) is 5.13. The lowest BCUT2D eigenvalue weighted by molar-refractivity contribution is 0.581. The van der Waals surface area contributed by atoms with Gasteiger partial charge in [-0.25, -0.2) is 13.4 Å². The minimum atomic E-state index is -2.94. The van der Waals surface area contributed by atoms with Gasteiger partial charge in [0.25, 0.3) is 0 Å². The maximum atomic E-state index is 11.3. The van der Waals surface area contributed by atoms with E-state index in [0.29, 0.717) is 31.2 Å². The number of rotatable bonds is 10. The molecule has 1 atom stereocenters. The van der Waals surface area contributed by atoms with Gasteiger partial charge in [-0.3, -0.25) is 10.1 Å². The molecular weight excluding hydrogens is 483 g/mol. The van der Waals surface area contributed by atoms with Crippen molar-refractivity contribution >= 4 is 52.7 Å². The molecule has 0 saturated carbocycles. The van der Waals surface area contributed by atoms with Crippen molar-refractivity contribution in [3.63, 3.8) is 0 Å². The van der Waals surface area contributed by atoms with Gasteiger partial charge in [0.05, 0.1) is 11.8 Å². The van der Waals surface area contributed by atoms with Gasteiger partial charge in [-0.15, -0.1) is 37.2 Å². The maximum Gasteiger partial charge on any atom is 0.181 e. The monoisotopic (exact) mass is 508 g/mol. The molecule has 172 valence electrons. The minimum absolute atomic E-state index is 0. The number of pyridine rings is 1. The molecule has 0 bridgehead atoms. The second kappa shape index (κ2) is 14.2. The van der Waals surface area contributed by atoms with E-state index in [4.69, 9.17) is 0 Å². The normalized spacial score (nSPS) is 11.4. The van der Waals surface area contributed by atoms with Gasteiger partial charge in [0, 0.05) is 36.4 Å². The highest BCUT2D eigenvalue weighted by molar-refractivity contribution is 7.90. The van der Waals surface area contributed by atoms with Crippen molar-refractivity contribution in [1.82, 2.24) is 25.5 Å². The van der Waals surface area contributed by atoms with Crippen LogP contribution in [-0.2, 0) is 9.84 Å². The summed E-state index contributed by atoms with van der Waals surface area (Å²) in [5.74, 6) is 1.48. The van der Waals surface area contributed by atoms with Crippen LogP contribution in [0.1, 0.15) is 18.3 Å². The van der Waals surface area contributed by atoms with Crippen molar-refractivity contribution in [2.75, 3.05) is 30.4 Å². The van der Waals surface area contributed by atoms with E-state index in [0.717, 1.165) is 11.3 Å². The molecule has 3 rings (SSSR count). The van der Waals surface area contributed by atoms with Gasteiger partial charge >= 0.3 is 0 Å². The van der Waals surface area contributed by atoms with Crippen LogP contribution in [0.25, 0.3) is 11.4 Å². The highest BCUT2D eigenvalue weighted by Gasteiger charge is 2.17. The van der Waals surface area contributed by atoms with Gasteiger partial charge in [0.15, 0.2) is 5.82 Å². The zero-order valence-corrected chi connectivity index (χ0v) is 20.2. The van der Waals surface area contributed by atoms with Crippen LogP contribution in [0, 0.1) is 0 Å². The molecule has 2 aromatic heterocycles. The molecule has 12 heteroatoms. The number of anilines is 1. The Hall–Kier alpha value is -1.91. The van der Waals surface area contributed by atoms with Crippen LogP contribution >= 0.6 is 37.2 Å². The van der Waals surface area contributed by atoms with Crippen LogP contribution in [0.4, 0.5) is 5.69 Å². The van der Waals surface area contributed by atoms with E-state index < -0.39 is 9.84 Å². The standard InChI is InChI=1S/C19H24N6O2S.3ClH/c1-28(26,27)13-5-10-21-14-17(22-16-6-3-2-4-7-16)19-23-18(24-25-19)15-8-11-20-12-9-15;;;/h2-4,6-9,11-12,17,21-22H,5,10,13-14H2,1H3,(H,23,24,25);3*1H. The lowest BCUT2D eigenvalue weighted by Crippen LogP contribution is -2.29. The summed E-state index contributed by atoms with van der Waals surface area (Å²) in [6.07, 6.45) is 5.22. The van der Waals surface area contributed by atoms with E-state index in [1.165, 1.54) is 6.26 Å². The summed E-state index contributed by atoms with van der Waals surface area (Å²) in [7, 11) is -2.94. The van der Waals surface area contributed by atoms with Crippen LogP contribution in [0.15, 0.2) is 54.9 Å². The Morgan fingerprint density at radius 3 is 2.35 bits per heavy atom. The maximum absolute atomic E-state index is 11.3. The van der Waals surface area contributed by atoms with Crippen molar-refractivity contribution in [3.05, 3.63) is 60.7 Å². The predicted molar refractivity (Wildman–Crippen MR) is 131 cm³/mol. The van der Waals surface area contributed by atoms with Crippen molar-refractivity contribution in [2.45, 2.75) is 12.5 Å². The van der Waals surface area contributed by atoms with Gasteiger partial charge in [-0.2, -0.15) is 5.10 Å². The van der Waals surface area contributed by atoms with E-state index in [2.05, 4.69) is 30.8 Å². The average Bonchev–Trinajstić information content (AvgIpc) is 3.18. The topological polar surface area (TPSA) is 113 Å². The second-order valence-electron chi connectivity index (χ2n) is 6.53. The van der Waals surface area contributed by atoms with E-state index in [9.17, 15) is 8.42 Å². The number of aromatic amines is 1. The Bertz CT molecular complexity index is 975. The van der Waals surface area contributed by atoms with Crippen molar-refractivity contribution in [3.8, 4) is 11.4 Å². The van der Waals surface area contributed by atoms with E-state index in [-0.39, 0.29) is 49.0 Å². The summed E-state index contributed by atoms with van der Waals surface area (Å²) in [5.41, 5.74) is 1.85. The molecule has 1 aromatic carbocycles. The molecule has 0 aliphatic heterocycles. The predicted octanol–water partition coefficient (Wildman–Crippen LogP) is 3.31. The smallest absolute Gasteiger partial charge is 0.181 e. The Kier molecular flexibility index (Phi) is 13.3. The van der Waals surface area contributed by atoms with Crippen molar-refractivity contribution in [2.24, 2.45) is 0 Å². The molecule has 0 spiro atoms. The molecule has 3 aromatic rings. The summed E-state index contributed by atoms with van der Waals surface area (Å²) in [6, 6.07) is 13.4. The van der Waals surface area contributed by atoms with E-state index in [1.54, 1.807) is 12.4 Å². The zero-order chi connectivity index (χ0) is 19.8. The molecule has 3 N–H and O–H groups in total. The van der Waals surface area contributed by atoms with Crippen LogP contribution in [0.3, 0.4) is 0 Å². The van der Waals surface area contributed by atoms with Gasteiger partial charge in [0.2, 0.25) is 0 Å². The first-order chi connectivity index (χ1) is 13.5. The number of aromatic nitrogens is 4. The lowest BCUT2D eigenvalue weighted by Gasteiger charge is -2.18. The third kappa shape index (κ3) is 9.84. The van der Waals surface area contributed by atoms with Gasteiger partial charge in [-0.05, 0) is 37.2 Å². The summed E-state index contributed by atoms with van der Waals surface area (Å²) >= 11 is 0. The fraction of sp³-hybridized carbons (Fsp3) is 0.316. The molecule has 0 aliphatic rings. The van der Waals surface area contributed by atoms with Crippen LogP contribution in [0.5, 0.6) is 0 Å². The number of hydrogen-bond donors (Lipinski definition) is 3. The van der Waals surface area contributed by atoms with Gasteiger partial charge in [-0.1, -0.05) is 18.2 Å². The molecule has 0 amide bonds. The summed E-state index contributed by atoms with van der Waals surface area (Å²) in [6.45, 7) is 1.18. The molecule has 0 fully saturated rings. The molecule has 0 aliphatic carbocycles.